The first-order valence-corrected chi connectivity index (χ1v) is 7.89. The van der Waals surface area contributed by atoms with E-state index >= 15 is 0 Å². The Kier molecular flexibility index (Phi) is 5.78. The molecular weight excluding hydrogens is 318 g/mol. The highest BCUT2D eigenvalue weighted by Gasteiger charge is 2.26. The summed E-state index contributed by atoms with van der Waals surface area (Å²) in [5, 5.41) is 0. The van der Waals surface area contributed by atoms with Gasteiger partial charge >= 0.3 is 0 Å². The second-order valence-corrected chi connectivity index (χ2v) is 6.96. The van der Waals surface area contributed by atoms with E-state index in [4.69, 9.17) is 4.74 Å². The number of hydrogen-bond acceptors (Lipinski definition) is 3. The minimum atomic E-state index is -3.46. The van der Waals surface area contributed by atoms with Crippen molar-refractivity contribution >= 4 is 26.0 Å². The highest BCUT2D eigenvalue weighted by Crippen LogP contribution is 2.20. The standard InChI is InChI=1S/C12H18BrNO3S/c1-10(2)14(8-9-17-3)18(15,16)12-6-4-11(13)5-7-12/h4-7,10H,8-9H2,1-3H3. The summed E-state index contributed by atoms with van der Waals surface area (Å²) in [6.07, 6.45) is 0. The van der Waals surface area contributed by atoms with E-state index in [9.17, 15) is 8.42 Å². The van der Waals surface area contributed by atoms with E-state index in [1.165, 1.54) is 4.31 Å². The van der Waals surface area contributed by atoms with E-state index in [0.717, 1.165) is 4.47 Å². The molecule has 102 valence electrons. The number of nitrogens with zero attached hydrogens (tertiary/aromatic N) is 1. The van der Waals surface area contributed by atoms with Crippen LogP contribution in [0, 0.1) is 0 Å². The summed E-state index contributed by atoms with van der Waals surface area (Å²) < 4.78 is 32.2. The van der Waals surface area contributed by atoms with Crippen molar-refractivity contribution in [3.05, 3.63) is 28.7 Å². The predicted molar refractivity (Wildman–Crippen MR) is 75.0 cm³/mol. The van der Waals surface area contributed by atoms with Crippen molar-refractivity contribution in [3.8, 4) is 0 Å². The van der Waals surface area contributed by atoms with Crippen molar-refractivity contribution in [2.24, 2.45) is 0 Å². The average molecular weight is 336 g/mol. The molecule has 0 aliphatic heterocycles. The SMILES string of the molecule is COCCN(C(C)C)S(=O)(=O)c1ccc(Br)cc1. The third kappa shape index (κ3) is 3.78. The zero-order valence-electron chi connectivity index (χ0n) is 10.8. The van der Waals surface area contributed by atoms with Crippen molar-refractivity contribution in [2.75, 3.05) is 20.3 Å². The topological polar surface area (TPSA) is 46.6 Å². The molecule has 4 nitrogen and oxygen atoms in total. The van der Waals surface area contributed by atoms with E-state index in [1.807, 2.05) is 13.8 Å². The summed E-state index contributed by atoms with van der Waals surface area (Å²) in [6, 6.07) is 6.54. The maximum atomic E-state index is 12.4. The van der Waals surface area contributed by atoms with Gasteiger partial charge in [0.2, 0.25) is 10.0 Å². The van der Waals surface area contributed by atoms with Gasteiger partial charge in [0.1, 0.15) is 0 Å². The maximum Gasteiger partial charge on any atom is 0.243 e. The number of halogens is 1. The smallest absolute Gasteiger partial charge is 0.243 e. The fourth-order valence-corrected chi connectivity index (χ4v) is 3.46. The van der Waals surface area contributed by atoms with Crippen molar-refractivity contribution in [1.82, 2.24) is 4.31 Å². The highest BCUT2D eigenvalue weighted by molar-refractivity contribution is 9.10. The lowest BCUT2D eigenvalue weighted by molar-refractivity contribution is 0.171. The number of benzene rings is 1. The Balaban J connectivity index is 3.05. The van der Waals surface area contributed by atoms with Crippen LogP contribution in [0.25, 0.3) is 0 Å². The van der Waals surface area contributed by atoms with E-state index in [2.05, 4.69) is 15.9 Å². The molecule has 1 aromatic rings. The molecule has 0 saturated heterocycles. The highest BCUT2D eigenvalue weighted by atomic mass is 79.9. The maximum absolute atomic E-state index is 12.4. The molecule has 0 heterocycles. The third-order valence-corrected chi connectivity index (χ3v) is 5.13. The van der Waals surface area contributed by atoms with Gasteiger partial charge in [-0.25, -0.2) is 8.42 Å². The van der Waals surface area contributed by atoms with Gasteiger partial charge < -0.3 is 4.74 Å². The number of ether oxygens (including phenoxy) is 1. The third-order valence-electron chi connectivity index (χ3n) is 2.51. The first-order valence-electron chi connectivity index (χ1n) is 5.66. The summed E-state index contributed by atoms with van der Waals surface area (Å²) in [7, 11) is -1.90. The minimum absolute atomic E-state index is 0.103. The summed E-state index contributed by atoms with van der Waals surface area (Å²) in [5.74, 6) is 0. The molecule has 0 unspecified atom stereocenters. The van der Waals surface area contributed by atoms with Gasteiger partial charge in [-0.15, -0.1) is 0 Å². The van der Waals surface area contributed by atoms with E-state index in [0.29, 0.717) is 18.0 Å². The fraction of sp³-hybridized carbons (Fsp3) is 0.500. The Bertz CT molecular complexity index is 471. The Morgan fingerprint density at radius 2 is 1.83 bits per heavy atom. The Hall–Kier alpha value is -0.430. The Morgan fingerprint density at radius 3 is 2.28 bits per heavy atom. The van der Waals surface area contributed by atoms with Gasteiger partial charge in [0.15, 0.2) is 0 Å². The zero-order valence-corrected chi connectivity index (χ0v) is 13.2. The van der Waals surface area contributed by atoms with Crippen molar-refractivity contribution < 1.29 is 13.2 Å². The lowest BCUT2D eigenvalue weighted by Crippen LogP contribution is -2.39. The van der Waals surface area contributed by atoms with Crippen LogP contribution in [0.3, 0.4) is 0 Å². The number of rotatable bonds is 6. The van der Waals surface area contributed by atoms with E-state index in [1.54, 1.807) is 31.4 Å². The molecule has 0 N–H and O–H groups in total. The van der Waals surface area contributed by atoms with E-state index in [-0.39, 0.29) is 6.04 Å². The van der Waals surface area contributed by atoms with E-state index < -0.39 is 10.0 Å². The first-order chi connectivity index (χ1) is 8.39. The fourth-order valence-electron chi connectivity index (χ4n) is 1.58. The van der Waals surface area contributed by atoms with Gasteiger partial charge in [-0.1, -0.05) is 15.9 Å². The second-order valence-electron chi connectivity index (χ2n) is 4.16. The molecule has 0 atom stereocenters. The average Bonchev–Trinajstić information content (AvgIpc) is 2.29. The molecule has 1 rings (SSSR count). The zero-order chi connectivity index (χ0) is 13.8. The van der Waals surface area contributed by atoms with Crippen molar-refractivity contribution in [3.63, 3.8) is 0 Å². The molecule has 0 radical (unpaired) electrons. The number of sulfonamides is 1. The molecule has 0 spiro atoms. The summed E-state index contributed by atoms with van der Waals surface area (Å²) in [6.45, 7) is 4.44. The molecule has 0 aliphatic rings. The van der Waals surface area contributed by atoms with Crippen LogP contribution in [0.4, 0.5) is 0 Å². The molecule has 18 heavy (non-hydrogen) atoms. The molecule has 1 aromatic carbocycles. The van der Waals surface area contributed by atoms with Gasteiger partial charge in [0, 0.05) is 24.2 Å². The summed E-state index contributed by atoms with van der Waals surface area (Å²) in [4.78, 5) is 0.301. The largest absolute Gasteiger partial charge is 0.383 e. The van der Waals surface area contributed by atoms with Crippen molar-refractivity contribution in [1.29, 1.82) is 0 Å². The quantitative estimate of drug-likeness (QED) is 0.802. The van der Waals surface area contributed by atoms with Crippen LogP contribution in [0.2, 0.25) is 0 Å². The van der Waals surface area contributed by atoms with Crippen LogP contribution in [-0.2, 0) is 14.8 Å². The molecule has 6 heteroatoms. The monoisotopic (exact) mass is 335 g/mol. The van der Waals surface area contributed by atoms with Crippen LogP contribution < -0.4 is 0 Å². The van der Waals surface area contributed by atoms with Crippen LogP contribution in [0.15, 0.2) is 33.6 Å². The van der Waals surface area contributed by atoms with Gasteiger partial charge in [-0.05, 0) is 38.1 Å². The first kappa shape index (κ1) is 15.6. The molecule has 0 amide bonds. The summed E-state index contributed by atoms with van der Waals surface area (Å²) in [5.41, 5.74) is 0. The predicted octanol–water partition coefficient (Wildman–Crippen LogP) is 2.49. The van der Waals surface area contributed by atoms with Gasteiger partial charge in [-0.2, -0.15) is 4.31 Å². The lowest BCUT2D eigenvalue weighted by Gasteiger charge is -2.25. The Labute approximate surface area is 117 Å². The van der Waals surface area contributed by atoms with Crippen molar-refractivity contribution in [2.45, 2.75) is 24.8 Å². The molecule has 0 bridgehead atoms. The molecule has 0 saturated carbocycles. The minimum Gasteiger partial charge on any atom is -0.383 e. The second kappa shape index (κ2) is 6.65. The summed E-state index contributed by atoms with van der Waals surface area (Å²) >= 11 is 3.29. The van der Waals surface area contributed by atoms with Gasteiger partial charge in [0.25, 0.3) is 0 Å². The van der Waals surface area contributed by atoms with Crippen LogP contribution in [0.5, 0.6) is 0 Å². The normalized spacial score (nSPS) is 12.3. The number of hydrogen-bond donors (Lipinski definition) is 0. The Morgan fingerprint density at radius 1 is 1.28 bits per heavy atom. The molecular formula is C12H18BrNO3S. The molecule has 0 aliphatic carbocycles. The van der Waals surface area contributed by atoms with Crippen LogP contribution in [-0.4, -0.2) is 39.0 Å². The molecule has 0 fully saturated rings. The molecule has 0 aromatic heterocycles. The van der Waals surface area contributed by atoms with Crippen LogP contribution >= 0.6 is 15.9 Å². The van der Waals surface area contributed by atoms with Gasteiger partial charge in [0.05, 0.1) is 11.5 Å². The lowest BCUT2D eigenvalue weighted by atomic mass is 10.4. The van der Waals surface area contributed by atoms with Gasteiger partial charge in [-0.3, -0.25) is 0 Å². The van der Waals surface area contributed by atoms with Crippen LogP contribution in [0.1, 0.15) is 13.8 Å². The number of methoxy groups -OCH3 is 1.